The van der Waals surface area contributed by atoms with E-state index in [-0.39, 0.29) is 0 Å². The number of hydrogen-bond acceptors (Lipinski definition) is 2. The normalized spacial score (nSPS) is 19.4. The van der Waals surface area contributed by atoms with Gasteiger partial charge < -0.3 is 9.66 Å². The van der Waals surface area contributed by atoms with Gasteiger partial charge in [-0.05, 0) is 42.9 Å². The summed E-state index contributed by atoms with van der Waals surface area (Å²) in [5.74, 6) is 2.59. The van der Waals surface area contributed by atoms with Gasteiger partial charge in [-0.2, -0.15) is 0 Å². The highest BCUT2D eigenvalue weighted by Gasteiger charge is 2.24. The SMILES string of the molecule is O=C(O)CCCCCCCCCCS1(O)CCCC1. The van der Waals surface area contributed by atoms with E-state index in [1.54, 1.807) is 0 Å². The molecule has 0 aliphatic carbocycles. The van der Waals surface area contributed by atoms with Crippen LogP contribution in [0.25, 0.3) is 0 Å². The van der Waals surface area contributed by atoms with Crippen LogP contribution < -0.4 is 0 Å². The monoisotopic (exact) mass is 290 g/mol. The molecule has 1 heterocycles. The molecule has 0 aromatic heterocycles. The van der Waals surface area contributed by atoms with Crippen LogP contribution in [0.1, 0.15) is 70.6 Å². The zero-order valence-electron chi connectivity index (χ0n) is 12.1. The van der Waals surface area contributed by atoms with Crippen LogP contribution in [0.15, 0.2) is 0 Å². The maximum absolute atomic E-state index is 10.3. The van der Waals surface area contributed by atoms with Crippen LogP contribution in [-0.4, -0.2) is 32.9 Å². The van der Waals surface area contributed by atoms with Crippen LogP contribution in [0.5, 0.6) is 0 Å². The van der Waals surface area contributed by atoms with Crippen LogP contribution >= 0.6 is 10.3 Å². The minimum absolute atomic E-state index is 0.321. The van der Waals surface area contributed by atoms with Gasteiger partial charge in [0, 0.05) is 6.42 Å². The topological polar surface area (TPSA) is 57.5 Å². The lowest BCUT2D eigenvalue weighted by Crippen LogP contribution is -2.05. The van der Waals surface area contributed by atoms with E-state index >= 15 is 0 Å². The fourth-order valence-electron chi connectivity index (χ4n) is 2.76. The largest absolute Gasteiger partial charge is 0.481 e. The smallest absolute Gasteiger partial charge is 0.303 e. The summed E-state index contributed by atoms with van der Waals surface area (Å²) in [5.41, 5.74) is 0. The van der Waals surface area contributed by atoms with Gasteiger partial charge in [0.2, 0.25) is 0 Å². The molecule has 114 valence electrons. The van der Waals surface area contributed by atoms with Gasteiger partial charge in [0.1, 0.15) is 0 Å². The molecule has 1 rings (SSSR count). The van der Waals surface area contributed by atoms with E-state index in [1.807, 2.05) is 0 Å². The summed E-state index contributed by atoms with van der Waals surface area (Å²) < 4.78 is 10.3. The van der Waals surface area contributed by atoms with Gasteiger partial charge in [-0.1, -0.05) is 38.5 Å². The van der Waals surface area contributed by atoms with E-state index in [4.69, 9.17) is 5.11 Å². The third-order valence-electron chi connectivity index (χ3n) is 3.96. The maximum atomic E-state index is 10.3. The Labute approximate surface area is 119 Å². The van der Waals surface area contributed by atoms with E-state index < -0.39 is 16.3 Å². The summed E-state index contributed by atoms with van der Waals surface area (Å²) in [6, 6.07) is 0. The molecule has 0 aromatic carbocycles. The molecule has 0 spiro atoms. The Morgan fingerprint density at radius 1 is 0.842 bits per heavy atom. The molecule has 0 atom stereocenters. The zero-order chi connectivity index (χ0) is 14.0. The van der Waals surface area contributed by atoms with E-state index in [0.717, 1.165) is 30.1 Å². The molecule has 19 heavy (non-hydrogen) atoms. The van der Waals surface area contributed by atoms with Gasteiger partial charge in [0.25, 0.3) is 0 Å². The number of rotatable bonds is 11. The molecule has 1 aliphatic rings. The van der Waals surface area contributed by atoms with E-state index in [2.05, 4.69) is 0 Å². The van der Waals surface area contributed by atoms with Gasteiger partial charge in [-0.15, -0.1) is 10.3 Å². The summed E-state index contributed by atoms with van der Waals surface area (Å²) in [4.78, 5) is 10.3. The summed E-state index contributed by atoms with van der Waals surface area (Å²) >= 11 is 0. The van der Waals surface area contributed by atoms with Crippen molar-refractivity contribution in [2.45, 2.75) is 70.6 Å². The minimum Gasteiger partial charge on any atom is -0.481 e. The Morgan fingerprint density at radius 2 is 1.32 bits per heavy atom. The number of carboxylic acids is 1. The second-order valence-corrected chi connectivity index (χ2v) is 9.02. The Balaban J connectivity index is 1.80. The van der Waals surface area contributed by atoms with Crippen molar-refractivity contribution in [3.63, 3.8) is 0 Å². The molecule has 0 radical (unpaired) electrons. The van der Waals surface area contributed by atoms with Crippen molar-refractivity contribution in [2.24, 2.45) is 0 Å². The van der Waals surface area contributed by atoms with Crippen molar-refractivity contribution in [3.8, 4) is 0 Å². The quantitative estimate of drug-likeness (QED) is 0.544. The van der Waals surface area contributed by atoms with Crippen LogP contribution in [0.2, 0.25) is 0 Å². The second-order valence-electron chi connectivity index (χ2n) is 5.79. The van der Waals surface area contributed by atoms with Gasteiger partial charge in [-0.3, -0.25) is 4.79 Å². The predicted molar refractivity (Wildman–Crippen MR) is 83.2 cm³/mol. The number of carbonyl (C=O) groups is 1. The number of hydrogen-bond donors (Lipinski definition) is 2. The van der Waals surface area contributed by atoms with E-state index in [1.165, 1.54) is 51.4 Å². The van der Waals surface area contributed by atoms with Crippen molar-refractivity contribution >= 4 is 16.3 Å². The molecule has 2 N–H and O–H groups in total. The molecule has 1 fully saturated rings. The first-order chi connectivity index (χ1) is 9.12. The molecule has 3 nitrogen and oxygen atoms in total. The lowest BCUT2D eigenvalue weighted by Gasteiger charge is -2.28. The highest BCUT2D eigenvalue weighted by Crippen LogP contribution is 2.50. The molecule has 0 saturated carbocycles. The third kappa shape index (κ3) is 8.53. The van der Waals surface area contributed by atoms with Crippen LogP contribution in [-0.2, 0) is 4.79 Å². The molecular weight excluding hydrogens is 260 g/mol. The lowest BCUT2D eigenvalue weighted by molar-refractivity contribution is -0.137. The molecule has 0 aromatic rings. The number of aliphatic carboxylic acids is 1. The molecule has 1 saturated heterocycles. The van der Waals surface area contributed by atoms with Gasteiger partial charge >= 0.3 is 5.97 Å². The van der Waals surface area contributed by atoms with E-state index in [0.29, 0.717) is 6.42 Å². The first-order valence-corrected chi connectivity index (χ1v) is 9.93. The average molecular weight is 290 g/mol. The summed E-state index contributed by atoms with van der Waals surface area (Å²) in [6.07, 6.45) is 12.1. The van der Waals surface area contributed by atoms with Crippen molar-refractivity contribution in [3.05, 3.63) is 0 Å². The number of unbranched alkanes of at least 4 members (excludes halogenated alkanes) is 7. The van der Waals surface area contributed by atoms with Crippen molar-refractivity contribution in [2.75, 3.05) is 17.3 Å². The minimum atomic E-state index is -1.17. The summed E-state index contributed by atoms with van der Waals surface area (Å²) in [6.45, 7) is 0. The number of carboxylic acid groups (broad SMARTS) is 1. The van der Waals surface area contributed by atoms with Crippen molar-refractivity contribution in [1.29, 1.82) is 0 Å². The first kappa shape index (κ1) is 16.8. The third-order valence-corrected chi connectivity index (χ3v) is 7.11. The van der Waals surface area contributed by atoms with Crippen LogP contribution in [0.3, 0.4) is 0 Å². The van der Waals surface area contributed by atoms with E-state index in [9.17, 15) is 9.35 Å². The lowest BCUT2D eigenvalue weighted by atomic mass is 10.1. The molecule has 0 unspecified atom stereocenters. The predicted octanol–water partition coefficient (Wildman–Crippen LogP) is 4.65. The highest BCUT2D eigenvalue weighted by atomic mass is 32.3. The van der Waals surface area contributed by atoms with Crippen molar-refractivity contribution < 1.29 is 14.5 Å². The fraction of sp³-hybridized carbons (Fsp3) is 0.933. The standard InChI is InChI=1S/C15H30O3S/c16-15(17)11-7-5-3-1-2-4-6-8-12-19(18)13-9-10-14-19/h18H,1-14H2,(H,16,17). The summed E-state index contributed by atoms with van der Waals surface area (Å²) in [7, 11) is -1.17. The Hall–Kier alpha value is -0.220. The molecule has 1 aliphatic heterocycles. The highest BCUT2D eigenvalue weighted by molar-refractivity contribution is 8.29. The second kappa shape index (κ2) is 9.65. The molecule has 4 heteroatoms. The Kier molecular flexibility index (Phi) is 8.55. The Bertz CT molecular complexity index is 250. The average Bonchev–Trinajstić information content (AvgIpc) is 2.78. The molecular formula is C15H30O3S. The molecule has 0 bridgehead atoms. The van der Waals surface area contributed by atoms with Gasteiger partial charge in [0.15, 0.2) is 0 Å². The summed E-state index contributed by atoms with van der Waals surface area (Å²) in [5, 5.41) is 8.51. The van der Waals surface area contributed by atoms with Crippen molar-refractivity contribution in [1.82, 2.24) is 0 Å². The molecule has 0 amide bonds. The van der Waals surface area contributed by atoms with Crippen LogP contribution in [0, 0.1) is 0 Å². The first-order valence-electron chi connectivity index (χ1n) is 7.83. The van der Waals surface area contributed by atoms with Gasteiger partial charge in [0.05, 0.1) is 0 Å². The maximum Gasteiger partial charge on any atom is 0.303 e. The fourth-order valence-corrected chi connectivity index (χ4v) is 5.59. The zero-order valence-corrected chi connectivity index (χ0v) is 12.9. The van der Waals surface area contributed by atoms with Gasteiger partial charge in [-0.25, -0.2) is 0 Å². The Morgan fingerprint density at radius 3 is 1.84 bits per heavy atom. The van der Waals surface area contributed by atoms with Crippen LogP contribution in [0.4, 0.5) is 0 Å².